The fourth-order valence-corrected chi connectivity index (χ4v) is 0.713. The summed E-state index contributed by atoms with van der Waals surface area (Å²) in [5.41, 5.74) is 9.62. The van der Waals surface area contributed by atoms with Crippen LogP contribution in [0, 0.1) is 0 Å². The summed E-state index contributed by atoms with van der Waals surface area (Å²) in [5, 5.41) is 10.8. The standard InChI is InChI=1S/C7H15N3O3/c1-7(9,2-3-11)4-10-6(13)5(8)12/h11H,2-4,9H2,1H3,(H2,8,12)(H,10,13). The third-order valence-corrected chi connectivity index (χ3v) is 1.56. The Morgan fingerprint density at radius 3 is 2.46 bits per heavy atom. The molecule has 0 aliphatic carbocycles. The van der Waals surface area contributed by atoms with E-state index in [9.17, 15) is 9.59 Å². The quantitative estimate of drug-likeness (QED) is 0.371. The molecule has 0 radical (unpaired) electrons. The fraction of sp³-hybridized carbons (Fsp3) is 0.714. The van der Waals surface area contributed by atoms with Crippen molar-refractivity contribution in [1.82, 2.24) is 5.32 Å². The minimum Gasteiger partial charge on any atom is -0.396 e. The number of carbonyl (C=O) groups is 2. The maximum absolute atomic E-state index is 10.7. The second kappa shape index (κ2) is 4.78. The molecule has 0 aliphatic rings. The molecule has 0 saturated heterocycles. The van der Waals surface area contributed by atoms with E-state index in [1.54, 1.807) is 6.92 Å². The molecular formula is C7H15N3O3. The molecule has 0 spiro atoms. The van der Waals surface area contributed by atoms with Gasteiger partial charge in [-0.1, -0.05) is 0 Å². The van der Waals surface area contributed by atoms with E-state index in [4.69, 9.17) is 16.6 Å². The van der Waals surface area contributed by atoms with E-state index in [1.807, 2.05) is 0 Å². The van der Waals surface area contributed by atoms with Gasteiger partial charge in [-0.25, -0.2) is 0 Å². The molecule has 0 aromatic carbocycles. The van der Waals surface area contributed by atoms with Crippen LogP contribution in [0.15, 0.2) is 0 Å². The number of carbonyl (C=O) groups excluding carboxylic acids is 2. The smallest absolute Gasteiger partial charge is 0.309 e. The van der Waals surface area contributed by atoms with Crippen molar-refractivity contribution in [3.63, 3.8) is 0 Å². The molecule has 76 valence electrons. The van der Waals surface area contributed by atoms with Gasteiger partial charge in [-0.15, -0.1) is 0 Å². The number of aliphatic hydroxyl groups is 1. The highest BCUT2D eigenvalue weighted by Crippen LogP contribution is 2.01. The van der Waals surface area contributed by atoms with Crippen LogP contribution in [0.3, 0.4) is 0 Å². The molecule has 1 unspecified atom stereocenters. The molecule has 0 aromatic rings. The molecule has 0 heterocycles. The van der Waals surface area contributed by atoms with Crippen LogP contribution >= 0.6 is 0 Å². The predicted molar refractivity (Wildman–Crippen MR) is 46.5 cm³/mol. The average molecular weight is 189 g/mol. The van der Waals surface area contributed by atoms with Gasteiger partial charge >= 0.3 is 11.8 Å². The molecule has 0 saturated carbocycles. The van der Waals surface area contributed by atoms with Gasteiger partial charge in [0.15, 0.2) is 0 Å². The van der Waals surface area contributed by atoms with Gasteiger partial charge in [0.05, 0.1) is 0 Å². The molecule has 6 heteroatoms. The van der Waals surface area contributed by atoms with E-state index in [-0.39, 0.29) is 13.2 Å². The van der Waals surface area contributed by atoms with E-state index >= 15 is 0 Å². The topological polar surface area (TPSA) is 118 Å². The van der Waals surface area contributed by atoms with Crippen molar-refractivity contribution in [2.75, 3.05) is 13.2 Å². The number of hydrogen-bond acceptors (Lipinski definition) is 4. The summed E-state index contributed by atoms with van der Waals surface area (Å²) in [4.78, 5) is 21.0. The van der Waals surface area contributed by atoms with Crippen molar-refractivity contribution in [1.29, 1.82) is 0 Å². The largest absolute Gasteiger partial charge is 0.396 e. The third kappa shape index (κ3) is 5.15. The molecule has 0 bridgehead atoms. The van der Waals surface area contributed by atoms with Crippen LogP contribution in [0.4, 0.5) is 0 Å². The zero-order valence-corrected chi connectivity index (χ0v) is 7.54. The molecule has 1 atom stereocenters. The molecule has 2 amide bonds. The van der Waals surface area contributed by atoms with E-state index in [0.717, 1.165) is 0 Å². The third-order valence-electron chi connectivity index (χ3n) is 1.56. The minimum atomic E-state index is -1.04. The van der Waals surface area contributed by atoms with E-state index in [2.05, 4.69) is 5.32 Å². The van der Waals surface area contributed by atoms with Crippen molar-refractivity contribution >= 4 is 11.8 Å². The molecule has 0 rings (SSSR count). The number of primary amides is 1. The molecule has 6 N–H and O–H groups in total. The van der Waals surface area contributed by atoms with Crippen molar-refractivity contribution in [2.24, 2.45) is 11.5 Å². The average Bonchev–Trinajstić information content (AvgIpc) is 2.00. The van der Waals surface area contributed by atoms with E-state index < -0.39 is 17.4 Å². The van der Waals surface area contributed by atoms with Gasteiger partial charge in [-0.05, 0) is 13.3 Å². The Morgan fingerprint density at radius 2 is 2.08 bits per heavy atom. The van der Waals surface area contributed by atoms with Gasteiger partial charge in [0.25, 0.3) is 0 Å². The van der Waals surface area contributed by atoms with Gasteiger partial charge in [0.2, 0.25) is 0 Å². The Balaban J connectivity index is 3.87. The lowest BCUT2D eigenvalue weighted by molar-refractivity contribution is -0.137. The Bertz CT molecular complexity index is 203. The lowest BCUT2D eigenvalue weighted by Crippen LogP contribution is -2.50. The summed E-state index contributed by atoms with van der Waals surface area (Å²) >= 11 is 0. The first-order valence-electron chi connectivity index (χ1n) is 3.86. The highest BCUT2D eigenvalue weighted by molar-refractivity contribution is 6.34. The molecule has 0 aliphatic heterocycles. The Labute approximate surface area is 76.3 Å². The number of amides is 2. The van der Waals surface area contributed by atoms with E-state index in [0.29, 0.717) is 6.42 Å². The zero-order chi connectivity index (χ0) is 10.5. The maximum atomic E-state index is 10.7. The summed E-state index contributed by atoms with van der Waals surface area (Å²) in [7, 11) is 0. The van der Waals surface area contributed by atoms with Crippen LogP contribution in [0.25, 0.3) is 0 Å². The summed E-state index contributed by atoms with van der Waals surface area (Å²) in [6, 6.07) is 0. The molecule has 0 fully saturated rings. The van der Waals surface area contributed by atoms with Crippen LogP contribution < -0.4 is 16.8 Å². The lowest BCUT2D eigenvalue weighted by Gasteiger charge is -2.23. The second-order valence-corrected chi connectivity index (χ2v) is 3.17. The highest BCUT2D eigenvalue weighted by Gasteiger charge is 2.19. The zero-order valence-electron chi connectivity index (χ0n) is 7.54. The van der Waals surface area contributed by atoms with Gasteiger partial charge in [-0.2, -0.15) is 0 Å². The number of nitrogens with two attached hydrogens (primary N) is 2. The van der Waals surface area contributed by atoms with Crippen molar-refractivity contribution in [3.8, 4) is 0 Å². The van der Waals surface area contributed by atoms with Crippen molar-refractivity contribution < 1.29 is 14.7 Å². The van der Waals surface area contributed by atoms with Gasteiger partial charge in [0.1, 0.15) is 0 Å². The SMILES string of the molecule is CC(N)(CCO)CNC(=O)C(N)=O. The van der Waals surface area contributed by atoms with Gasteiger partial charge < -0.3 is 21.9 Å². The molecule has 0 aromatic heterocycles. The Kier molecular flexibility index (Phi) is 4.36. The summed E-state index contributed by atoms with van der Waals surface area (Å²) in [5.74, 6) is -1.91. The fourth-order valence-electron chi connectivity index (χ4n) is 0.713. The summed E-state index contributed by atoms with van der Waals surface area (Å²) < 4.78 is 0. The number of hydrogen-bond donors (Lipinski definition) is 4. The van der Waals surface area contributed by atoms with Crippen LogP contribution in [-0.4, -0.2) is 35.6 Å². The Morgan fingerprint density at radius 1 is 1.54 bits per heavy atom. The normalized spacial score (nSPS) is 14.7. The molecular weight excluding hydrogens is 174 g/mol. The monoisotopic (exact) mass is 189 g/mol. The summed E-state index contributed by atoms with van der Waals surface area (Å²) in [6.07, 6.45) is 0.339. The highest BCUT2D eigenvalue weighted by atomic mass is 16.3. The first-order chi connectivity index (χ1) is 5.89. The predicted octanol–water partition coefficient (Wildman–Crippen LogP) is -2.31. The second-order valence-electron chi connectivity index (χ2n) is 3.17. The Hall–Kier alpha value is -1.14. The van der Waals surface area contributed by atoms with E-state index in [1.165, 1.54) is 0 Å². The van der Waals surface area contributed by atoms with Crippen molar-refractivity contribution in [3.05, 3.63) is 0 Å². The van der Waals surface area contributed by atoms with Crippen LogP contribution in [0.2, 0.25) is 0 Å². The molecule has 6 nitrogen and oxygen atoms in total. The number of aliphatic hydroxyl groups excluding tert-OH is 1. The minimum absolute atomic E-state index is 0.0700. The van der Waals surface area contributed by atoms with Crippen LogP contribution in [0.5, 0.6) is 0 Å². The molecule has 13 heavy (non-hydrogen) atoms. The lowest BCUT2D eigenvalue weighted by atomic mass is 10.00. The number of nitrogens with one attached hydrogen (secondary N) is 1. The number of rotatable bonds is 4. The first-order valence-corrected chi connectivity index (χ1v) is 3.86. The van der Waals surface area contributed by atoms with Gasteiger partial charge in [-0.3, -0.25) is 9.59 Å². The summed E-state index contributed by atoms with van der Waals surface area (Å²) in [6.45, 7) is 1.69. The van der Waals surface area contributed by atoms with Gasteiger partial charge in [0, 0.05) is 18.7 Å². The van der Waals surface area contributed by atoms with Crippen LogP contribution in [-0.2, 0) is 9.59 Å². The van der Waals surface area contributed by atoms with Crippen LogP contribution in [0.1, 0.15) is 13.3 Å². The van der Waals surface area contributed by atoms with Crippen molar-refractivity contribution in [2.45, 2.75) is 18.9 Å². The first kappa shape index (κ1) is 11.9. The maximum Gasteiger partial charge on any atom is 0.309 e.